The van der Waals surface area contributed by atoms with Crippen molar-refractivity contribution in [1.29, 1.82) is 0 Å². The van der Waals surface area contributed by atoms with Gasteiger partial charge in [-0.3, -0.25) is 0 Å². The van der Waals surface area contributed by atoms with Gasteiger partial charge in [0, 0.05) is 37.0 Å². The maximum Gasteiger partial charge on any atom is 0.410 e. The van der Waals surface area contributed by atoms with Crippen LogP contribution in [-0.2, 0) is 9.47 Å². The highest BCUT2D eigenvalue weighted by Crippen LogP contribution is 2.35. The quantitative estimate of drug-likeness (QED) is 0.611. The molecule has 0 radical (unpaired) electrons. The number of aromatic nitrogens is 2. The van der Waals surface area contributed by atoms with E-state index in [9.17, 15) is 4.79 Å². The van der Waals surface area contributed by atoms with Crippen LogP contribution in [0.3, 0.4) is 0 Å². The minimum atomic E-state index is -0.571. The van der Waals surface area contributed by atoms with Gasteiger partial charge < -0.3 is 14.4 Å². The second-order valence-electron chi connectivity index (χ2n) is 9.63. The molecule has 2 aliphatic rings. The minimum absolute atomic E-state index is 0.0978. The number of rotatable bonds is 3. The molecule has 32 heavy (non-hydrogen) atoms. The number of hydrogen-bond acceptors (Lipinski definition) is 4. The maximum absolute atomic E-state index is 15.0. The van der Waals surface area contributed by atoms with Crippen molar-refractivity contribution in [2.45, 2.75) is 70.6 Å². The molecule has 4 rings (SSSR count). The molecule has 2 aromatic rings. The van der Waals surface area contributed by atoms with E-state index in [0.717, 1.165) is 19.3 Å². The Balaban J connectivity index is 1.45. The van der Waals surface area contributed by atoms with Crippen molar-refractivity contribution in [2.75, 3.05) is 19.7 Å². The Morgan fingerprint density at radius 2 is 1.78 bits per heavy atom. The van der Waals surface area contributed by atoms with Crippen molar-refractivity contribution in [2.24, 2.45) is 0 Å². The number of piperidine rings is 1. The fraction of sp³-hybridized carbons (Fsp3) is 0.583. The third-order valence-electron chi connectivity index (χ3n) is 6.02. The van der Waals surface area contributed by atoms with E-state index in [1.165, 1.54) is 12.1 Å². The number of benzene rings is 1. The summed E-state index contributed by atoms with van der Waals surface area (Å²) in [5.74, 6) is -1.39. The fourth-order valence-corrected chi connectivity index (χ4v) is 4.40. The van der Waals surface area contributed by atoms with E-state index in [0.29, 0.717) is 43.7 Å². The zero-order valence-corrected chi connectivity index (χ0v) is 18.9. The van der Waals surface area contributed by atoms with Crippen LogP contribution in [0.4, 0.5) is 13.6 Å². The molecule has 1 unspecified atom stereocenters. The third-order valence-corrected chi connectivity index (χ3v) is 6.02. The van der Waals surface area contributed by atoms with E-state index in [1.807, 2.05) is 20.8 Å². The largest absolute Gasteiger partial charge is 0.444 e. The molecular weight excluding hydrogens is 416 g/mol. The van der Waals surface area contributed by atoms with E-state index >= 15 is 8.78 Å². The van der Waals surface area contributed by atoms with Gasteiger partial charge in [0.2, 0.25) is 0 Å². The predicted molar refractivity (Wildman–Crippen MR) is 116 cm³/mol. The molecule has 0 bridgehead atoms. The number of halogens is 2. The smallest absolute Gasteiger partial charge is 0.410 e. The Kier molecular flexibility index (Phi) is 6.51. The first-order valence-electron chi connectivity index (χ1n) is 11.3. The van der Waals surface area contributed by atoms with Gasteiger partial charge in [-0.1, -0.05) is 0 Å². The highest BCUT2D eigenvalue weighted by atomic mass is 19.1. The van der Waals surface area contributed by atoms with Gasteiger partial charge in [-0.2, -0.15) is 5.10 Å². The maximum atomic E-state index is 15.0. The molecule has 6 nitrogen and oxygen atoms in total. The molecular formula is C24H31F2N3O3. The lowest BCUT2D eigenvalue weighted by Crippen LogP contribution is -2.41. The van der Waals surface area contributed by atoms with E-state index in [2.05, 4.69) is 5.10 Å². The van der Waals surface area contributed by atoms with Crippen LogP contribution in [0, 0.1) is 11.6 Å². The van der Waals surface area contributed by atoms with Crippen LogP contribution in [0.25, 0.3) is 11.1 Å². The average Bonchev–Trinajstić information content (AvgIpc) is 3.23. The van der Waals surface area contributed by atoms with Crippen LogP contribution in [0.1, 0.15) is 70.6 Å². The Bertz CT molecular complexity index is 933. The first-order valence-corrected chi connectivity index (χ1v) is 11.3. The van der Waals surface area contributed by atoms with Gasteiger partial charge in [0.25, 0.3) is 0 Å². The lowest BCUT2D eigenvalue weighted by Gasteiger charge is -2.33. The second kappa shape index (κ2) is 9.17. The molecule has 8 heteroatoms. The molecule has 2 saturated heterocycles. The summed E-state index contributed by atoms with van der Waals surface area (Å²) in [7, 11) is 0. The predicted octanol–water partition coefficient (Wildman–Crippen LogP) is 5.64. The average molecular weight is 448 g/mol. The third kappa shape index (κ3) is 5.11. The molecule has 1 atom stereocenters. The minimum Gasteiger partial charge on any atom is -0.444 e. The summed E-state index contributed by atoms with van der Waals surface area (Å²) >= 11 is 0. The molecule has 1 amide bonds. The highest BCUT2D eigenvalue weighted by molar-refractivity contribution is 5.68. The fourth-order valence-electron chi connectivity index (χ4n) is 4.40. The van der Waals surface area contributed by atoms with Crippen molar-refractivity contribution < 1.29 is 23.0 Å². The Morgan fingerprint density at radius 1 is 1.09 bits per heavy atom. The van der Waals surface area contributed by atoms with Crippen LogP contribution in [0.5, 0.6) is 0 Å². The summed E-state index contributed by atoms with van der Waals surface area (Å²) in [5.41, 5.74) is 0.639. The van der Waals surface area contributed by atoms with Gasteiger partial charge >= 0.3 is 6.09 Å². The number of likely N-dealkylation sites (tertiary alicyclic amines) is 1. The SMILES string of the molecule is CC(C)(C)OC(=O)N1CCC(c2c(F)cc(-c3cnn(C4CCCCO4)c3)cc2F)CC1. The van der Waals surface area contributed by atoms with Crippen LogP contribution >= 0.6 is 0 Å². The number of ether oxygens (including phenoxy) is 2. The summed E-state index contributed by atoms with van der Waals surface area (Å²) in [5, 5.41) is 4.34. The molecule has 0 N–H and O–H groups in total. The molecule has 2 fully saturated rings. The normalized spacial score (nSPS) is 20.4. The molecule has 3 heterocycles. The van der Waals surface area contributed by atoms with Crippen LogP contribution in [-0.4, -0.2) is 46.1 Å². The summed E-state index contributed by atoms with van der Waals surface area (Å²) in [6.07, 6.45) is 6.86. The zero-order chi connectivity index (χ0) is 22.9. The number of nitrogens with zero attached hydrogens (tertiary/aromatic N) is 3. The lowest BCUT2D eigenvalue weighted by molar-refractivity contribution is -0.0394. The van der Waals surface area contributed by atoms with Crippen molar-refractivity contribution in [3.8, 4) is 11.1 Å². The summed E-state index contributed by atoms with van der Waals surface area (Å²) in [6.45, 7) is 6.97. The Hall–Kier alpha value is -2.48. The number of hydrogen-bond donors (Lipinski definition) is 0. The monoisotopic (exact) mass is 447 g/mol. The Morgan fingerprint density at radius 3 is 2.38 bits per heavy atom. The van der Waals surface area contributed by atoms with Crippen LogP contribution in [0.15, 0.2) is 24.5 Å². The first kappa shape index (κ1) is 22.7. The number of carbonyl (C=O) groups is 1. The van der Waals surface area contributed by atoms with Gasteiger partial charge in [0.1, 0.15) is 23.5 Å². The standard InChI is InChI=1S/C24H31F2N3O3/c1-24(2,3)32-23(30)28-9-7-16(8-10-28)22-19(25)12-17(13-20(22)26)18-14-27-29(15-18)21-6-4-5-11-31-21/h12-16,21H,4-11H2,1-3H3. The molecule has 0 spiro atoms. The summed E-state index contributed by atoms with van der Waals surface area (Å²) in [6, 6.07) is 2.75. The first-order chi connectivity index (χ1) is 15.2. The molecule has 1 aromatic carbocycles. The van der Waals surface area contributed by atoms with Crippen LogP contribution < -0.4 is 0 Å². The van der Waals surface area contributed by atoms with Gasteiger partial charge in [-0.05, 0) is 76.5 Å². The van der Waals surface area contributed by atoms with Crippen molar-refractivity contribution in [3.63, 3.8) is 0 Å². The highest BCUT2D eigenvalue weighted by Gasteiger charge is 2.30. The van der Waals surface area contributed by atoms with Gasteiger partial charge in [-0.25, -0.2) is 18.3 Å². The van der Waals surface area contributed by atoms with Gasteiger partial charge in [0.15, 0.2) is 0 Å². The van der Waals surface area contributed by atoms with Crippen molar-refractivity contribution in [1.82, 2.24) is 14.7 Å². The van der Waals surface area contributed by atoms with Crippen LogP contribution in [0.2, 0.25) is 0 Å². The van der Waals surface area contributed by atoms with Gasteiger partial charge in [-0.15, -0.1) is 0 Å². The molecule has 0 aliphatic carbocycles. The lowest BCUT2D eigenvalue weighted by atomic mass is 9.87. The van der Waals surface area contributed by atoms with E-state index in [1.54, 1.807) is 22.0 Å². The molecule has 0 saturated carbocycles. The van der Waals surface area contributed by atoms with Crippen molar-refractivity contribution in [3.05, 3.63) is 41.7 Å². The zero-order valence-electron chi connectivity index (χ0n) is 18.9. The topological polar surface area (TPSA) is 56.6 Å². The number of carbonyl (C=O) groups excluding carboxylic acids is 1. The molecule has 2 aliphatic heterocycles. The summed E-state index contributed by atoms with van der Waals surface area (Å²) in [4.78, 5) is 13.9. The van der Waals surface area contributed by atoms with E-state index in [4.69, 9.17) is 9.47 Å². The number of amides is 1. The van der Waals surface area contributed by atoms with E-state index < -0.39 is 17.2 Å². The Labute approximate surface area is 187 Å². The van der Waals surface area contributed by atoms with Crippen molar-refractivity contribution >= 4 is 6.09 Å². The van der Waals surface area contributed by atoms with E-state index in [-0.39, 0.29) is 23.8 Å². The summed E-state index contributed by atoms with van der Waals surface area (Å²) < 4.78 is 42.9. The molecule has 1 aromatic heterocycles. The molecule has 174 valence electrons. The van der Waals surface area contributed by atoms with Gasteiger partial charge in [0.05, 0.1) is 6.20 Å². The second-order valence-corrected chi connectivity index (χ2v) is 9.63.